The summed E-state index contributed by atoms with van der Waals surface area (Å²) in [5, 5.41) is 2.62. The number of fused-ring (bicyclic) bond motifs is 1. The van der Waals surface area contributed by atoms with Crippen molar-refractivity contribution in [3.05, 3.63) is 102 Å². The van der Waals surface area contributed by atoms with Crippen LogP contribution in [0.5, 0.6) is 0 Å². The molecule has 7 heteroatoms. The number of benzodiazepines with no additional fused rings is 1. The molecule has 32 heavy (non-hydrogen) atoms. The van der Waals surface area contributed by atoms with Crippen LogP contribution in [0.4, 0.5) is 10.5 Å². The van der Waals surface area contributed by atoms with Gasteiger partial charge in [0.25, 0.3) is 5.91 Å². The predicted octanol–water partition coefficient (Wildman–Crippen LogP) is 4.36. The third kappa shape index (κ3) is 4.81. The van der Waals surface area contributed by atoms with Crippen molar-refractivity contribution in [2.45, 2.75) is 12.8 Å². The zero-order valence-corrected chi connectivity index (χ0v) is 18.0. The van der Waals surface area contributed by atoms with E-state index in [9.17, 15) is 9.59 Å². The van der Waals surface area contributed by atoms with Gasteiger partial charge in [-0.2, -0.15) is 0 Å². The summed E-state index contributed by atoms with van der Waals surface area (Å²) in [6, 6.07) is 26.4. The molecule has 0 bridgehead atoms. The Kier molecular flexibility index (Phi) is 6.82. The van der Waals surface area contributed by atoms with Crippen molar-refractivity contribution in [1.82, 2.24) is 5.32 Å². The summed E-state index contributed by atoms with van der Waals surface area (Å²) in [5.41, 5.74) is 3.78. The van der Waals surface area contributed by atoms with Crippen LogP contribution in [0.3, 0.4) is 0 Å². The Labute approximate surface area is 191 Å². The number of hydrogen-bond acceptors (Lipinski definition) is 4. The Hall–Kier alpha value is -3.64. The summed E-state index contributed by atoms with van der Waals surface area (Å²) >= 11 is 6.00. The highest BCUT2D eigenvalue weighted by Gasteiger charge is 2.33. The number of benzene rings is 3. The summed E-state index contributed by atoms with van der Waals surface area (Å²) < 4.78 is 5.32. The highest BCUT2D eigenvalue weighted by Crippen LogP contribution is 2.28. The number of para-hydroxylation sites is 1. The van der Waals surface area contributed by atoms with Crippen LogP contribution >= 0.6 is 11.6 Å². The predicted molar refractivity (Wildman–Crippen MR) is 125 cm³/mol. The molecule has 0 fully saturated rings. The van der Waals surface area contributed by atoms with Crippen molar-refractivity contribution in [3.63, 3.8) is 0 Å². The molecule has 0 aliphatic carbocycles. The van der Waals surface area contributed by atoms with E-state index in [0.717, 1.165) is 16.7 Å². The van der Waals surface area contributed by atoms with Crippen molar-refractivity contribution >= 4 is 35.0 Å². The van der Waals surface area contributed by atoms with E-state index in [1.165, 1.54) is 0 Å². The molecule has 1 unspecified atom stereocenters. The first-order chi connectivity index (χ1) is 15.7. The lowest BCUT2D eigenvalue weighted by Gasteiger charge is -2.24. The van der Waals surface area contributed by atoms with Crippen LogP contribution in [-0.2, 0) is 16.1 Å². The Bertz CT molecular complexity index is 1120. The zero-order chi connectivity index (χ0) is 22.3. The molecule has 1 atom stereocenters. The third-order valence-electron chi connectivity index (χ3n) is 5.03. The third-order valence-corrected chi connectivity index (χ3v) is 5.20. The first kappa shape index (κ1) is 21.6. The monoisotopic (exact) mass is 447 g/mol. The fourth-order valence-electron chi connectivity index (χ4n) is 3.54. The molecule has 1 aliphatic rings. The Morgan fingerprint density at radius 1 is 0.969 bits per heavy atom. The number of ether oxygens (including phenoxy) is 1. The largest absolute Gasteiger partial charge is 0.445 e. The van der Waals surface area contributed by atoms with E-state index in [4.69, 9.17) is 16.3 Å². The van der Waals surface area contributed by atoms with Gasteiger partial charge in [-0.3, -0.25) is 10.1 Å². The van der Waals surface area contributed by atoms with E-state index in [-0.39, 0.29) is 24.9 Å². The van der Waals surface area contributed by atoms with Crippen molar-refractivity contribution in [1.29, 1.82) is 0 Å². The molecule has 1 heterocycles. The minimum absolute atomic E-state index is 0.0917. The van der Waals surface area contributed by atoms with E-state index in [0.29, 0.717) is 11.4 Å². The van der Waals surface area contributed by atoms with Crippen molar-refractivity contribution in [3.8, 4) is 0 Å². The average Bonchev–Trinajstić information content (AvgIpc) is 2.95. The van der Waals surface area contributed by atoms with E-state index in [2.05, 4.69) is 10.3 Å². The summed E-state index contributed by atoms with van der Waals surface area (Å²) in [7, 11) is 0. The summed E-state index contributed by atoms with van der Waals surface area (Å²) in [4.78, 5) is 32.1. The van der Waals surface area contributed by atoms with Gasteiger partial charge in [-0.25, -0.2) is 9.79 Å². The molecule has 0 radical (unpaired) electrons. The molecule has 4 rings (SSSR count). The second-order valence-corrected chi connectivity index (χ2v) is 7.53. The number of alkyl carbamates (subject to hydrolysis) is 1. The standard InChI is InChI=1S/C25H22ClN3O3/c26-15-16-29-21-14-8-7-13-20(21)22(19-11-5-2-6-12-19)27-23(24(29)30)28-25(31)32-17-18-9-3-1-4-10-18/h1-14,23H,15-17H2,(H,28,31). The molecule has 6 nitrogen and oxygen atoms in total. The molecule has 0 saturated heterocycles. The number of anilines is 1. The first-order valence-corrected chi connectivity index (χ1v) is 10.8. The number of amides is 2. The van der Waals surface area contributed by atoms with Gasteiger partial charge in [-0.05, 0) is 11.6 Å². The van der Waals surface area contributed by atoms with Gasteiger partial charge in [0.1, 0.15) is 6.61 Å². The van der Waals surface area contributed by atoms with Crippen LogP contribution in [-0.4, -0.2) is 36.3 Å². The Morgan fingerprint density at radius 3 is 2.34 bits per heavy atom. The normalized spacial score (nSPS) is 15.4. The lowest BCUT2D eigenvalue weighted by molar-refractivity contribution is -0.120. The highest BCUT2D eigenvalue weighted by molar-refractivity contribution is 6.21. The van der Waals surface area contributed by atoms with Crippen LogP contribution < -0.4 is 10.2 Å². The maximum Gasteiger partial charge on any atom is 0.409 e. The van der Waals surface area contributed by atoms with Gasteiger partial charge in [0, 0.05) is 23.6 Å². The fraction of sp³-hybridized carbons (Fsp3) is 0.160. The number of aliphatic imine (C=N–C) groups is 1. The number of nitrogens with zero attached hydrogens (tertiary/aromatic N) is 2. The first-order valence-electron chi connectivity index (χ1n) is 10.2. The van der Waals surface area contributed by atoms with Gasteiger partial charge in [0.2, 0.25) is 6.17 Å². The van der Waals surface area contributed by atoms with Gasteiger partial charge in [-0.1, -0.05) is 78.9 Å². The Morgan fingerprint density at radius 2 is 1.62 bits per heavy atom. The SMILES string of the molecule is O=C(NC1N=C(c2ccccc2)c2ccccc2N(CCCl)C1=O)OCc1ccccc1. The number of carbonyl (C=O) groups is 2. The number of nitrogens with one attached hydrogen (secondary N) is 1. The molecule has 1 N–H and O–H groups in total. The number of alkyl halides is 1. The van der Waals surface area contributed by atoms with Gasteiger partial charge in [-0.15, -0.1) is 11.6 Å². The van der Waals surface area contributed by atoms with Gasteiger partial charge < -0.3 is 9.64 Å². The molecule has 3 aromatic rings. The molecular weight excluding hydrogens is 426 g/mol. The molecule has 0 saturated carbocycles. The van der Waals surface area contributed by atoms with E-state index in [1.807, 2.05) is 84.9 Å². The van der Waals surface area contributed by atoms with Crippen LogP contribution in [0, 0.1) is 0 Å². The van der Waals surface area contributed by atoms with E-state index < -0.39 is 12.3 Å². The van der Waals surface area contributed by atoms with Crippen LogP contribution in [0.15, 0.2) is 89.9 Å². The molecule has 0 aromatic heterocycles. The summed E-state index contributed by atoms with van der Waals surface area (Å²) in [5.74, 6) is -0.132. The smallest absolute Gasteiger partial charge is 0.409 e. The minimum Gasteiger partial charge on any atom is -0.445 e. The molecule has 2 amide bonds. The minimum atomic E-state index is -1.15. The highest BCUT2D eigenvalue weighted by atomic mass is 35.5. The van der Waals surface area contributed by atoms with Crippen LogP contribution in [0.2, 0.25) is 0 Å². The second-order valence-electron chi connectivity index (χ2n) is 7.15. The van der Waals surface area contributed by atoms with Gasteiger partial charge >= 0.3 is 6.09 Å². The molecule has 162 valence electrons. The van der Waals surface area contributed by atoms with Gasteiger partial charge in [0.05, 0.1) is 11.4 Å². The van der Waals surface area contributed by atoms with Crippen molar-refractivity contribution in [2.24, 2.45) is 4.99 Å². The number of halogens is 1. The number of hydrogen-bond donors (Lipinski definition) is 1. The fourth-order valence-corrected chi connectivity index (χ4v) is 3.71. The van der Waals surface area contributed by atoms with Crippen LogP contribution in [0.1, 0.15) is 16.7 Å². The lowest BCUT2D eigenvalue weighted by Crippen LogP contribution is -2.48. The number of carbonyl (C=O) groups excluding carboxylic acids is 2. The summed E-state index contributed by atoms with van der Waals surface area (Å²) in [6.07, 6.45) is -1.87. The van der Waals surface area contributed by atoms with E-state index in [1.54, 1.807) is 4.90 Å². The second kappa shape index (κ2) is 10.1. The Balaban J connectivity index is 1.66. The van der Waals surface area contributed by atoms with E-state index >= 15 is 0 Å². The topological polar surface area (TPSA) is 71.0 Å². The molecule has 0 spiro atoms. The molecule has 3 aromatic carbocycles. The summed E-state index contributed by atoms with van der Waals surface area (Å²) in [6.45, 7) is 0.376. The quantitative estimate of drug-likeness (QED) is 0.570. The lowest BCUT2D eigenvalue weighted by atomic mass is 10.0. The van der Waals surface area contributed by atoms with Crippen LogP contribution in [0.25, 0.3) is 0 Å². The molecule has 1 aliphatic heterocycles. The number of rotatable bonds is 6. The molecular formula is C25H22ClN3O3. The van der Waals surface area contributed by atoms with Crippen molar-refractivity contribution in [2.75, 3.05) is 17.3 Å². The maximum atomic E-state index is 13.4. The average molecular weight is 448 g/mol. The maximum absolute atomic E-state index is 13.4. The van der Waals surface area contributed by atoms with Gasteiger partial charge in [0.15, 0.2) is 0 Å². The van der Waals surface area contributed by atoms with Crippen molar-refractivity contribution < 1.29 is 14.3 Å². The zero-order valence-electron chi connectivity index (χ0n) is 17.3.